The highest BCUT2D eigenvalue weighted by Gasteiger charge is 2.35. The van der Waals surface area contributed by atoms with Crippen molar-refractivity contribution in [1.82, 2.24) is 0 Å². The van der Waals surface area contributed by atoms with Gasteiger partial charge in [-0.25, -0.2) is 0 Å². The van der Waals surface area contributed by atoms with E-state index in [1.54, 1.807) is 0 Å². The number of benzene rings is 1. The highest BCUT2D eigenvalue weighted by atomic mass is 16.6. The van der Waals surface area contributed by atoms with Crippen molar-refractivity contribution in [1.29, 1.82) is 0 Å². The molecule has 27 heavy (non-hydrogen) atoms. The highest BCUT2D eigenvalue weighted by molar-refractivity contribution is 5.49. The van der Waals surface area contributed by atoms with E-state index >= 15 is 0 Å². The highest BCUT2D eigenvalue weighted by Crippen LogP contribution is 2.44. The summed E-state index contributed by atoms with van der Waals surface area (Å²) in [5.41, 5.74) is 3.86. The van der Waals surface area contributed by atoms with Crippen LogP contribution in [0.25, 0.3) is 0 Å². The fourth-order valence-corrected chi connectivity index (χ4v) is 3.98. The minimum Gasteiger partial charge on any atom is -0.490 e. The standard InChI is InChI=1S/C23H30O4/c1-3-5-7-17-9-11-20-21(23(17)27-15-19-13-25-19)10-8-16(6-4-2)22(20)26-14-18-12-24-18/h3-4,9,11,16,18-19,22H,1-2,5-8,10,12-15H2/t16-,18?,19?,22?/m0/s1. The molecule has 0 radical (unpaired) electrons. The van der Waals surface area contributed by atoms with Crippen molar-refractivity contribution in [3.8, 4) is 5.75 Å². The molecule has 4 nitrogen and oxygen atoms in total. The maximum atomic E-state index is 6.34. The van der Waals surface area contributed by atoms with E-state index in [9.17, 15) is 0 Å². The van der Waals surface area contributed by atoms with Gasteiger partial charge in [0.2, 0.25) is 0 Å². The number of fused-ring (bicyclic) bond motifs is 1. The second-order valence-corrected chi connectivity index (χ2v) is 7.75. The molecule has 0 amide bonds. The van der Waals surface area contributed by atoms with E-state index in [-0.39, 0.29) is 18.3 Å². The largest absolute Gasteiger partial charge is 0.490 e. The Morgan fingerprint density at radius 2 is 1.85 bits per heavy atom. The zero-order valence-corrected chi connectivity index (χ0v) is 16.0. The second kappa shape index (κ2) is 8.59. The average Bonchev–Trinajstić information content (AvgIpc) is 3.58. The van der Waals surface area contributed by atoms with E-state index in [1.807, 2.05) is 12.2 Å². The molecular weight excluding hydrogens is 340 g/mol. The lowest BCUT2D eigenvalue weighted by atomic mass is 9.78. The van der Waals surface area contributed by atoms with Crippen LogP contribution < -0.4 is 4.74 Å². The lowest BCUT2D eigenvalue weighted by Crippen LogP contribution is -2.25. The summed E-state index contributed by atoms with van der Waals surface area (Å²) in [4.78, 5) is 0. The normalized spacial score (nSPS) is 28.3. The molecule has 0 saturated carbocycles. The lowest BCUT2D eigenvalue weighted by molar-refractivity contribution is -0.00482. The maximum Gasteiger partial charge on any atom is 0.126 e. The first-order valence-corrected chi connectivity index (χ1v) is 10.1. The summed E-state index contributed by atoms with van der Waals surface area (Å²) in [5.74, 6) is 1.52. The Balaban J connectivity index is 1.61. The van der Waals surface area contributed by atoms with Crippen molar-refractivity contribution >= 4 is 0 Å². The van der Waals surface area contributed by atoms with Gasteiger partial charge in [-0.15, -0.1) is 13.2 Å². The molecule has 4 heteroatoms. The van der Waals surface area contributed by atoms with Gasteiger partial charge >= 0.3 is 0 Å². The predicted molar refractivity (Wildman–Crippen MR) is 105 cm³/mol. The van der Waals surface area contributed by atoms with Crippen LogP contribution in [0.4, 0.5) is 0 Å². The summed E-state index contributed by atoms with van der Waals surface area (Å²) in [6, 6.07) is 4.47. The van der Waals surface area contributed by atoms with Crippen LogP contribution in [0.5, 0.6) is 5.75 Å². The van der Waals surface area contributed by atoms with E-state index in [1.165, 1.54) is 16.7 Å². The molecule has 3 unspecified atom stereocenters. The van der Waals surface area contributed by atoms with Crippen LogP contribution in [-0.4, -0.2) is 38.6 Å². The van der Waals surface area contributed by atoms with E-state index in [0.29, 0.717) is 19.1 Å². The predicted octanol–water partition coefficient (Wildman–Crippen LogP) is 4.18. The van der Waals surface area contributed by atoms with Crippen LogP contribution in [0.15, 0.2) is 37.4 Å². The minimum atomic E-state index is 0.0870. The quantitative estimate of drug-likeness (QED) is 0.433. The van der Waals surface area contributed by atoms with Crippen molar-refractivity contribution < 1.29 is 18.9 Å². The molecule has 1 aromatic carbocycles. The number of ether oxygens (including phenoxy) is 4. The summed E-state index contributed by atoms with van der Waals surface area (Å²) in [6.07, 6.45) is 9.59. The molecule has 2 saturated heterocycles. The zero-order valence-electron chi connectivity index (χ0n) is 16.0. The smallest absolute Gasteiger partial charge is 0.126 e. The fourth-order valence-electron chi connectivity index (χ4n) is 3.98. The van der Waals surface area contributed by atoms with E-state index in [0.717, 1.165) is 51.1 Å². The Hall–Kier alpha value is -1.62. The van der Waals surface area contributed by atoms with Gasteiger partial charge in [-0.1, -0.05) is 24.3 Å². The number of allylic oxidation sites excluding steroid dienone is 2. The van der Waals surface area contributed by atoms with Crippen LogP contribution in [-0.2, 0) is 27.1 Å². The molecule has 0 aromatic heterocycles. The Bertz CT molecular complexity index is 675. The van der Waals surface area contributed by atoms with Gasteiger partial charge in [0.15, 0.2) is 0 Å². The third-order valence-electron chi connectivity index (χ3n) is 5.65. The summed E-state index contributed by atoms with van der Waals surface area (Å²) in [6.45, 7) is 10.7. The second-order valence-electron chi connectivity index (χ2n) is 7.75. The summed E-state index contributed by atoms with van der Waals surface area (Å²) in [7, 11) is 0. The zero-order chi connectivity index (χ0) is 18.6. The van der Waals surface area contributed by atoms with Crippen molar-refractivity contribution in [3.05, 3.63) is 54.1 Å². The summed E-state index contributed by atoms with van der Waals surface area (Å²) < 4.78 is 23.3. The lowest BCUT2D eigenvalue weighted by Gasteiger charge is -2.34. The number of aryl methyl sites for hydroxylation is 1. The SMILES string of the molecule is C=CCCc1ccc2c(c1OCC1CO1)CC[C@H](CC=C)C2OCC1CO1. The first-order valence-electron chi connectivity index (χ1n) is 10.1. The average molecular weight is 370 g/mol. The topological polar surface area (TPSA) is 43.5 Å². The Kier molecular flexibility index (Phi) is 5.96. The van der Waals surface area contributed by atoms with Crippen LogP contribution in [0.3, 0.4) is 0 Å². The van der Waals surface area contributed by atoms with Gasteiger partial charge in [0.05, 0.1) is 25.9 Å². The summed E-state index contributed by atoms with van der Waals surface area (Å²) >= 11 is 0. The maximum absolute atomic E-state index is 6.34. The minimum absolute atomic E-state index is 0.0870. The van der Waals surface area contributed by atoms with Gasteiger partial charge in [-0.05, 0) is 49.1 Å². The van der Waals surface area contributed by atoms with Crippen LogP contribution in [0.1, 0.15) is 42.1 Å². The molecule has 2 heterocycles. The molecule has 146 valence electrons. The van der Waals surface area contributed by atoms with E-state index in [2.05, 4.69) is 25.3 Å². The van der Waals surface area contributed by atoms with Gasteiger partial charge in [0.25, 0.3) is 0 Å². The van der Waals surface area contributed by atoms with Crippen molar-refractivity contribution in [3.63, 3.8) is 0 Å². The van der Waals surface area contributed by atoms with Crippen molar-refractivity contribution in [2.75, 3.05) is 26.4 Å². The third-order valence-corrected chi connectivity index (χ3v) is 5.65. The molecule has 4 atom stereocenters. The fraction of sp³-hybridized carbons (Fsp3) is 0.565. The molecule has 2 fully saturated rings. The molecule has 2 aliphatic heterocycles. The molecular formula is C23H30O4. The molecule has 1 aliphatic carbocycles. The van der Waals surface area contributed by atoms with Gasteiger partial charge in [0.1, 0.15) is 24.6 Å². The van der Waals surface area contributed by atoms with Gasteiger partial charge in [-0.2, -0.15) is 0 Å². The van der Waals surface area contributed by atoms with Crippen LogP contribution in [0, 0.1) is 5.92 Å². The molecule has 3 aliphatic rings. The van der Waals surface area contributed by atoms with E-state index in [4.69, 9.17) is 18.9 Å². The molecule has 0 N–H and O–H groups in total. The number of epoxide rings is 2. The van der Waals surface area contributed by atoms with Crippen molar-refractivity contribution in [2.45, 2.75) is 50.4 Å². The van der Waals surface area contributed by atoms with E-state index < -0.39 is 0 Å². The Morgan fingerprint density at radius 1 is 1.07 bits per heavy atom. The van der Waals surface area contributed by atoms with Crippen molar-refractivity contribution in [2.24, 2.45) is 5.92 Å². The van der Waals surface area contributed by atoms with Gasteiger partial charge in [0, 0.05) is 5.56 Å². The first-order chi connectivity index (χ1) is 13.3. The van der Waals surface area contributed by atoms with Crippen LogP contribution in [0.2, 0.25) is 0 Å². The monoisotopic (exact) mass is 370 g/mol. The Labute approximate surface area is 162 Å². The first kappa shape index (κ1) is 18.7. The number of hydrogen-bond donors (Lipinski definition) is 0. The molecule has 4 rings (SSSR count). The number of rotatable bonds is 11. The van der Waals surface area contributed by atoms with Crippen LogP contribution >= 0.6 is 0 Å². The van der Waals surface area contributed by atoms with Gasteiger partial charge in [-0.3, -0.25) is 0 Å². The number of hydrogen-bond acceptors (Lipinski definition) is 4. The van der Waals surface area contributed by atoms with Gasteiger partial charge < -0.3 is 18.9 Å². The third kappa shape index (κ3) is 4.63. The molecule has 1 aromatic rings. The molecule has 0 bridgehead atoms. The Morgan fingerprint density at radius 3 is 2.56 bits per heavy atom. The summed E-state index contributed by atoms with van der Waals surface area (Å²) in [5, 5.41) is 0. The molecule has 0 spiro atoms.